The second kappa shape index (κ2) is 9.87. The third kappa shape index (κ3) is 4.65. The summed E-state index contributed by atoms with van der Waals surface area (Å²) in [5.41, 5.74) is 3.81. The van der Waals surface area contributed by atoms with Crippen molar-refractivity contribution in [2.24, 2.45) is 5.41 Å². The van der Waals surface area contributed by atoms with Gasteiger partial charge in [-0.1, -0.05) is 61.9 Å². The van der Waals surface area contributed by atoms with Crippen molar-refractivity contribution in [1.82, 2.24) is 10.6 Å². The van der Waals surface area contributed by atoms with Crippen LogP contribution in [0.3, 0.4) is 0 Å². The van der Waals surface area contributed by atoms with Gasteiger partial charge in [0, 0.05) is 18.0 Å². The number of amides is 2. The molecule has 0 saturated heterocycles. The first-order chi connectivity index (χ1) is 16.3. The van der Waals surface area contributed by atoms with Crippen LogP contribution in [0.5, 0.6) is 0 Å². The van der Waals surface area contributed by atoms with E-state index in [1.165, 1.54) is 11.1 Å². The Morgan fingerprint density at radius 1 is 1.09 bits per heavy atom. The quantitative estimate of drug-likeness (QED) is 0.535. The highest BCUT2D eigenvalue weighted by Gasteiger charge is 2.46. The number of hydrogen-bond acceptors (Lipinski definition) is 4. The zero-order chi connectivity index (χ0) is 24.3. The third-order valence-electron chi connectivity index (χ3n) is 7.36. The van der Waals surface area contributed by atoms with Crippen LogP contribution in [0.4, 0.5) is 4.79 Å². The van der Waals surface area contributed by atoms with E-state index in [1.54, 1.807) is 0 Å². The molecule has 0 aromatic heterocycles. The topological polar surface area (TPSA) is 105 Å². The molecule has 34 heavy (non-hydrogen) atoms. The molecule has 3 atom stereocenters. The normalized spacial score (nSPS) is 21.9. The molecule has 180 valence electrons. The molecule has 0 radical (unpaired) electrons. The van der Waals surface area contributed by atoms with Gasteiger partial charge in [-0.05, 0) is 48.4 Å². The van der Waals surface area contributed by atoms with Crippen LogP contribution < -0.4 is 10.6 Å². The van der Waals surface area contributed by atoms with Gasteiger partial charge < -0.3 is 20.5 Å². The molecule has 1 fully saturated rings. The molecular formula is C27H32N2O5. The highest BCUT2D eigenvalue weighted by molar-refractivity contribution is 5.85. The molecule has 0 aliphatic heterocycles. The molecular weight excluding hydrogens is 432 g/mol. The number of carboxylic acids is 1. The Hall–Kier alpha value is -3.35. The maximum absolute atomic E-state index is 13.1. The van der Waals surface area contributed by atoms with Crippen LogP contribution in [-0.2, 0) is 14.3 Å². The standard InChI is InChI=1S/C27H32N2O5/c1-3-17(15-24(30)31)28-25(32)27(2)14-8-13-23(27)29-26(33)34-16-22-20-11-6-4-9-18(20)19-10-5-7-12-21(19)22/h4-7,9-12,17,22-23H,3,8,13-16H2,1-2H3,(H,28,32)(H,29,33)(H,30,31). The molecule has 1 saturated carbocycles. The lowest BCUT2D eigenvalue weighted by Crippen LogP contribution is -2.53. The van der Waals surface area contributed by atoms with Gasteiger partial charge in [0.05, 0.1) is 11.8 Å². The number of alkyl carbamates (subject to hydrolysis) is 1. The molecule has 2 aromatic carbocycles. The largest absolute Gasteiger partial charge is 0.481 e. The molecule has 0 spiro atoms. The first-order valence-corrected chi connectivity index (χ1v) is 12.0. The molecule has 2 aromatic rings. The van der Waals surface area contributed by atoms with Crippen LogP contribution in [0, 0.1) is 5.41 Å². The number of carbonyl (C=O) groups excluding carboxylic acids is 2. The highest BCUT2D eigenvalue weighted by Crippen LogP contribution is 2.44. The lowest BCUT2D eigenvalue weighted by atomic mass is 9.83. The first-order valence-electron chi connectivity index (χ1n) is 12.0. The van der Waals surface area contributed by atoms with Crippen molar-refractivity contribution in [3.63, 3.8) is 0 Å². The van der Waals surface area contributed by atoms with Gasteiger partial charge in [-0.25, -0.2) is 4.79 Å². The summed E-state index contributed by atoms with van der Waals surface area (Å²) >= 11 is 0. The van der Waals surface area contributed by atoms with Gasteiger partial charge >= 0.3 is 12.1 Å². The van der Waals surface area contributed by atoms with Gasteiger partial charge in [0.2, 0.25) is 5.91 Å². The minimum Gasteiger partial charge on any atom is -0.481 e. The van der Waals surface area contributed by atoms with E-state index in [2.05, 4.69) is 34.9 Å². The van der Waals surface area contributed by atoms with E-state index >= 15 is 0 Å². The lowest BCUT2D eigenvalue weighted by molar-refractivity contribution is -0.138. The minimum absolute atomic E-state index is 0.0299. The third-order valence-corrected chi connectivity index (χ3v) is 7.36. The molecule has 4 rings (SSSR count). The Morgan fingerprint density at radius 3 is 2.29 bits per heavy atom. The van der Waals surface area contributed by atoms with Crippen molar-refractivity contribution in [3.05, 3.63) is 59.7 Å². The number of carbonyl (C=O) groups is 3. The maximum Gasteiger partial charge on any atom is 0.407 e. The molecule has 2 aliphatic rings. The molecule has 7 nitrogen and oxygen atoms in total. The van der Waals surface area contributed by atoms with Gasteiger partial charge in [0.15, 0.2) is 0 Å². The lowest BCUT2D eigenvalue weighted by Gasteiger charge is -2.32. The number of aliphatic carboxylic acids is 1. The van der Waals surface area contributed by atoms with Crippen molar-refractivity contribution < 1.29 is 24.2 Å². The molecule has 7 heteroatoms. The summed E-state index contributed by atoms with van der Waals surface area (Å²) in [5, 5.41) is 14.9. The molecule has 2 amide bonds. The molecule has 3 unspecified atom stereocenters. The van der Waals surface area contributed by atoms with Crippen LogP contribution in [0.1, 0.15) is 63.0 Å². The van der Waals surface area contributed by atoms with E-state index in [9.17, 15) is 14.4 Å². The van der Waals surface area contributed by atoms with Crippen molar-refractivity contribution in [2.75, 3.05) is 6.61 Å². The summed E-state index contributed by atoms with van der Waals surface area (Å²) in [7, 11) is 0. The van der Waals surface area contributed by atoms with E-state index in [0.29, 0.717) is 19.3 Å². The zero-order valence-electron chi connectivity index (χ0n) is 19.7. The van der Waals surface area contributed by atoms with Gasteiger partial charge in [-0.3, -0.25) is 9.59 Å². The maximum atomic E-state index is 13.1. The van der Waals surface area contributed by atoms with Gasteiger partial charge in [0.1, 0.15) is 6.61 Å². The Balaban J connectivity index is 1.39. The number of carboxylic acid groups (broad SMARTS) is 1. The van der Waals surface area contributed by atoms with Gasteiger partial charge in [-0.15, -0.1) is 0 Å². The van der Waals surface area contributed by atoms with Crippen LogP contribution in [-0.4, -0.2) is 41.8 Å². The molecule has 0 bridgehead atoms. The fraction of sp³-hybridized carbons (Fsp3) is 0.444. The van der Waals surface area contributed by atoms with Crippen LogP contribution in [0.2, 0.25) is 0 Å². The van der Waals surface area contributed by atoms with Crippen molar-refractivity contribution in [2.45, 2.75) is 64.0 Å². The summed E-state index contributed by atoms with van der Waals surface area (Å²) in [4.78, 5) is 36.9. The SMILES string of the molecule is CCC(CC(=O)O)NC(=O)C1(C)CCCC1NC(=O)OCC1c2ccccc2-c2ccccc21. The Kier molecular flexibility index (Phi) is 6.91. The van der Waals surface area contributed by atoms with Crippen molar-refractivity contribution in [3.8, 4) is 11.1 Å². The fourth-order valence-electron chi connectivity index (χ4n) is 5.31. The monoisotopic (exact) mass is 464 g/mol. The number of fused-ring (bicyclic) bond motifs is 3. The van der Waals surface area contributed by atoms with Crippen molar-refractivity contribution >= 4 is 18.0 Å². The van der Waals surface area contributed by atoms with Crippen LogP contribution in [0.15, 0.2) is 48.5 Å². The van der Waals surface area contributed by atoms with E-state index in [1.807, 2.05) is 38.1 Å². The van der Waals surface area contributed by atoms with Crippen LogP contribution in [0.25, 0.3) is 11.1 Å². The van der Waals surface area contributed by atoms with Gasteiger partial charge in [-0.2, -0.15) is 0 Å². The minimum atomic E-state index is -0.947. The summed E-state index contributed by atoms with van der Waals surface area (Å²) < 4.78 is 5.67. The molecule has 0 heterocycles. The van der Waals surface area contributed by atoms with Gasteiger partial charge in [0.25, 0.3) is 0 Å². The predicted molar refractivity (Wildman–Crippen MR) is 128 cm³/mol. The number of benzene rings is 2. The summed E-state index contributed by atoms with van der Waals surface area (Å²) in [6.07, 6.45) is 1.96. The highest BCUT2D eigenvalue weighted by atomic mass is 16.5. The zero-order valence-corrected chi connectivity index (χ0v) is 19.7. The predicted octanol–water partition coefficient (Wildman–Crippen LogP) is 4.45. The second-order valence-corrected chi connectivity index (χ2v) is 9.51. The summed E-state index contributed by atoms with van der Waals surface area (Å²) in [6, 6.07) is 15.5. The number of hydrogen-bond donors (Lipinski definition) is 3. The number of ether oxygens (including phenoxy) is 1. The van der Waals surface area contributed by atoms with E-state index in [4.69, 9.17) is 9.84 Å². The molecule has 2 aliphatic carbocycles. The van der Waals surface area contributed by atoms with E-state index < -0.39 is 23.5 Å². The second-order valence-electron chi connectivity index (χ2n) is 9.51. The summed E-state index contributed by atoms with van der Waals surface area (Å²) in [6.45, 7) is 3.89. The molecule has 3 N–H and O–H groups in total. The fourth-order valence-corrected chi connectivity index (χ4v) is 5.31. The van der Waals surface area contributed by atoms with Crippen LogP contribution >= 0.6 is 0 Å². The van der Waals surface area contributed by atoms with E-state index in [-0.39, 0.29) is 30.9 Å². The smallest absolute Gasteiger partial charge is 0.407 e. The average molecular weight is 465 g/mol. The average Bonchev–Trinajstić information content (AvgIpc) is 3.35. The Bertz CT molecular complexity index is 1040. The number of nitrogens with one attached hydrogen (secondary N) is 2. The van der Waals surface area contributed by atoms with Crippen molar-refractivity contribution in [1.29, 1.82) is 0 Å². The Morgan fingerprint density at radius 2 is 1.71 bits per heavy atom. The number of rotatable bonds is 8. The summed E-state index contributed by atoms with van der Waals surface area (Å²) in [5.74, 6) is -1.20. The van der Waals surface area contributed by atoms with E-state index in [0.717, 1.165) is 17.5 Å². The first kappa shape index (κ1) is 23.8. The Labute approximate surface area is 199 Å².